The monoisotopic (exact) mass is 849 g/mol. The number of ether oxygens (including phenoxy) is 3. The molecule has 3 N–H and O–H groups in total. The number of amides is 1. The van der Waals surface area contributed by atoms with Crippen LogP contribution in [0.2, 0.25) is 0 Å². The molecule has 0 radical (unpaired) electrons. The Bertz CT molecular complexity index is 1640. The number of fused-ring (bicyclic) bond motifs is 2. The van der Waals surface area contributed by atoms with Gasteiger partial charge in [-0.25, -0.2) is 4.79 Å². The number of aliphatic hydroxyl groups is 2. The Kier molecular flexibility index (Phi) is 20.7. The minimum atomic E-state index is -1.07. The third kappa shape index (κ3) is 13.3. The number of rotatable bonds is 29. The fourth-order valence-corrected chi connectivity index (χ4v) is 10.8. The van der Waals surface area contributed by atoms with Gasteiger partial charge in [-0.3, -0.25) is 9.97 Å². The zero-order valence-electron chi connectivity index (χ0n) is 36.4. The molecule has 0 bridgehead atoms. The van der Waals surface area contributed by atoms with Gasteiger partial charge in [0.15, 0.2) is 0 Å². The van der Waals surface area contributed by atoms with Crippen LogP contribution >= 0.6 is 11.8 Å². The van der Waals surface area contributed by atoms with E-state index >= 15 is 0 Å². The van der Waals surface area contributed by atoms with Gasteiger partial charge in [0, 0.05) is 62.7 Å². The summed E-state index contributed by atoms with van der Waals surface area (Å²) in [5.74, 6) is 0.828. The number of aryl methyl sites for hydroxylation is 1. The Hall–Kier alpha value is -3.45. The van der Waals surface area contributed by atoms with Gasteiger partial charge in [0.1, 0.15) is 18.1 Å². The van der Waals surface area contributed by atoms with Gasteiger partial charge in [0.05, 0.1) is 29.2 Å². The van der Waals surface area contributed by atoms with Gasteiger partial charge in [-0.15, -0.1) is 6.58 Å². The van der Waals surface area contributed by atoms with Crippen LogP contribution < -0.4 is 14.8 Å². The van der Waals surface area contributed by atoms with E-state index in [1.54, 1.807) is 30.2 Å². The number of carbonyl (C=O) groups excluding carboxylic acids is 1. The SMILES string of the molecule is C=CCO[C@@]12Oc3ccc(OC(=O)NCCCCCCCCCCCC)cc3[C@H]3[C@H](CCCCO)[C@@H](CCCCO)C=C(C(=NOCC)C[C@@H]1SCCc1cnccn1)[C@H]32. The van der Waals surface area contributed by atoms with Gasteiger partial charge < -0.3 is 34.6 Å². The third-order valence-electron chi connectivity index (χ3n) is 12.2. The van der Waals surface area contributed by atoms with Gasteiger partial charge in [-0.1, -0.05) is 94.9 Å². The molecule has 1 aliphatic heterocycles. The van der Waals surface area contributed by atoms with Crippen LogP contribution in [0.4, 0.5) is 4.79 Å². The number of hydrogen-bond acceptors (Lipinski definition) is 11. The maximum Gasteiger partial charge on any atom is 0.412 e. The van der Waals surface area contributed by atoms with Crippen molar-refractivity contribution in [1.82, 2.24) is 15.3 Å². The Balaban J connectivity index is 1.44. The molecule has 2 heterocycles. The zero-order valence-corrected chi connectivity index (χ0v) is 37.2. The molecule has 6 atom stereocenters. The number of oxime groups is 1. The third-order valence-corrected chi connectivity index (χ3v) is 13.6. The van der Waals surface area contributed by atoms with Crippen LogP contribution in [0.15, 0.2) is 66.2 Å². The summed E-state index contributed by atoms with van der Waals surface area (Å²) in [5.41, 5.74) is 3.87. The van der Waals surface area contributed by atoms with Crippen LogP contribution in [0.5, 0.6) is 11.5 Å². The van der Waals surface area contributed by atoms with Gasteiger partial charge in [0.25, 0.3) is 0 Å². The molecule has 1 saturated carbocycles. The molecule has 0 unspecified atom stereocenters. The van der Waals surface area contributed by atoms with Crippen molar-refractivity contribution in [3.8, 4) is 11.5 Å². The molecule has 332 valence electrons. The van der Waals surface area contributed by atoms with Crippen molar-refractivity contribution in [2.24, 2.45) is 22.9 Å². The number of aliphatic hydroxyl groups excluding tert-OH is 2. The second-order valence-electron chi connectivity index (χ2n) is 16.5. The molecule has 1 amide bonds. The highest BCUT2D eigenvalue weighted by Gasteiger charge is 2.64. The normalized spacial score (nSPS) is 23.6. The van der Waals surface area contributed by atoms with E-state index in [4.69, 9.17) is 24.2 Å². The highest BCUT2D eigenvalue weighted by Crippen LogP contribution is 2.62. The number of benzene rings is 1. The van der Waals surface area contributed by atoms with Gasteiger partial charge in [-0.05, 0) is 80.4 Å². The molecule has 5 rings (SSSR count). The zero-order chi connectivity index (χ0) is 42.4. The summed E-state index contributed by atoms with van der Waals surface area (Å²) in [6.07, 6.45) is 27.5. The first kappa shape index (κ1) is 47.6. The van der Waals surface area contributed by atoms with Gasteiger partial charge >= 0.3 is 6.09 Å². The van der Waals surface area contributed by atoms with Crippen molar-refractivity contribution in [1.29, 1.82) is 0 Å². The predicted octanol–water partition coefficient (Wildman–Crippen LogP) is 10.1. The molecule has 0 saturated heterocycles. The minimum absolute atomic E-state index is 0.0927. The fraction of sp³-hybridized carbons (Fsp3) is 0.667. The molecule has 1 fully saturated rings. The number of thioether (sulfide) groups is 1. The largest absolute Gasteiger partial charge is 0.460 e. The lowest BCUT2D eigenvalue weighted by molar-refractivity contribution is -0.223. The first-order valence-corrected chi connectivity index (χ1v) is 24.1. The smallest absolute Gasteiger partial charge is 0.412 e. The summed E-state index contributed by atoms with van der Waals surface area (Å²) in [4.78, 5) is 27.8. The number of carbonyl (C=O) groups is 1. The minimum Gasteiger partial charge on any atom is -0.460 e. The molecule has 2 aliphatic carbocycles. The molecule has 1 aromatic carbocycles. The Morgan fingerprint density at radius 1 is 1.00 bits per heavy atom. The highest BCUT2D eigenvalue weighted by atomic mass is 32.2. The predicted molar refractivity (Wildman–Crippen MR) is 241 cm³/mol. The number of aromatic nitrogens is 2. The average Bonchev–Trinajstić information content (AvgIpc) is 3.26. The number of allylic oxidation sites excluding steroid dienone is 1. The molecule has 3 aliphatic rings. The van der Waals surface area contributed by atoms with Crippen LogP contribution in [0.1, 0.15) is 140 Å². The number of unbranched alkanes of at least 4 members (excludes halogenated alkanes) is 11. The molecule has 0 spiro atoms. The van der Waals surface area contributed by atoms with Crippen molar-refractivity contribution in [2.45, 2.75) is 146 Å². The Morgan fingerprint density at radius 2 is 1.75 bits per heavy atom. The van der Waals surface area contributed by atoms with E-state index in [1.807, 2.05) is 31.3 Å². The van der Waals surface area contributed by atoms with Gasteiger partial charge in [-0.2, -0.15) is 11.8 Å². The van der Waals surface area contributed by atoms with Crippen LogP contribution in [0.3, 0.4) is 0 Å². The van der Waals surface area contributed by atoms with E-state index < -0.39 is 11.9 Å². The summed E-state index contributed by atoms with van der Waals surface area (Å²) >= 11 is 1.79. The van der Waals surface area contributed by atoms with E-state index in [1.165, 1.54) is 51.4 Å². The van der Waals surface area contributed by atoms with Crippen LogP contribution in [-0.4, -0.2) is 81.7 Å². The Labute approximate surface area is 363 Å². The molecule has 11 nitrogen and oxygen atoms in total. The summed E-state index contributed by atoms with van der Waals surface area (Å²) in [6.45, 7) is 9.81. The molecule has 60 heavy (non-hydrogen) atoms. The quantitative estimate of drug-likeness (QED) is 0.0411. The fourth-order valence-electron chi connectivity index (χ4n) is 9.39. The molecular weight excluding hydrogens is 777 g/mol. The van der Waals surface area contributed by atoms with Crippen LogP contribution in [-0.2, 0) is 16.0 Å². The molecular formula is C48H72N4O7S. The molecule has 2 aromatic rings. The van der Waals surface area contributed by atoms with Gasteiger partial charge in [0.2, 0.25) is 5.79 Å². The van der Waals surface area contributed by atoms with E-state index in [0.717, 1.165) is 79.7 Å². The average molecular weight is 849 g/mol. The van der Waals surface area contributed by atoms with Crippen molar-refractivity contribution in [2.75, 3.05) is 38.7 Å². The number of hydrogen-bond donors (Lipinski definition) is 3. The lowest BCUT2D eigenvalue weighted by Gasteiger charge is -2.58. The van der Waals surface area contributed by atoms with Crippen LogP contribution in [0.25, 0.3) is 0 Å². The van der Waals surface area contributed by atoms with Crippen molar-refractivity contribution >= 4 is 23.6 Å². The second-order valence-corrected chi connectivity index (χ2v) is 17.8. The Morgan fingerprint density at radius 3 is 2.45 bits per heavy atom. The summed E-state index contributed by atoms with van der Waals surface area (Å²) in [7, 11) is 0. The van der Waals surface area contributed by atoms with E-state index in [-0.39, 0.29) is 42.1 Å². The molecule has 1 aromatic heterocycles. The topological polar surface area (TPSA) is 145 Å². The first-order chi connectivity index (χ1) is 29.5. The highest BCUT2D eigenvalue weighted by molar-refractivity contribution is 8.00. The maximum atomic E-state index is 13.2. The summed E-state index contributed by atoms with van der Waals surface area (Å²) < 4.78 is 20.2. The molecule has 12 heteroatoms. The van der Waals surface area contributed by atoms with E-state index in [9.17, 15) is 15.0 Å². The van der Waals surface area contributed by atoms with E-state index in [0.29, 0.717) is 44.1 Å². The van der Waals surface area contributed by atoms with Crippen molar-refractivity contribution < 1.29 is 34.1 Å². The second kappa shape index (κ2) is 26.1. The van der Waals surface area contributed by atoms with Crippen molar-refractivity contribution in [3.63, 3.8) is 0 Å². The lowest BCUT2D eigenvalue weighted by atomic mass is 9.56. The van der Waals surface area contributed by atoms with E-state index in [2.05, 4.69) is 34.9 Å². The number of nitrogens with one attached hydrogen (secondary N) is 1. The first-order valence-electron chi connectivity index (χ1n) is 23.0. The maximum absolute atomic E-state index is 13.2. The van der Waals surface area contributed by atoms with Crippen molar-refractivity contribution in [3.05, 3.63) is 72.4 Å². The van der Waals surface area contributed by atoms with Crippen LogP contribution in [0, 0.1) is 17.8 Å². The summed E-state index contributed by atoms with van der Waals surface area (Å²) in [6, 6.07) is 5.75. The number of nitrogens with zero attached hydrogens (tertiary/aromatic N) is 3. The standard InChI is InChI=1S/C48H72N4O7S/c1-4-7-8-9-10-11-12-13-14-17-25-51-47(55)58-38-22-23-43-41(33-38)45-39(21-16-19-29-54)36(20-15-18-28-53)32-40-42(52-57-6-3)34-44(48(59-43,46(40)45)56-30-5-2)60-31-24-37-35-49-26-27-50-37/h5,22-23,26-27,32-33,35-36,39,44-46,53-54H,2,4,6-21,24-25,28-31,34H2,1,3H3,(H,51,55)/t36-,39+,44-,45+,46+,48+/m0/s1. The lowest BCUT2D eigenvalue weighted by Crippen LogP contribution is -2.64. The summed E-state index contributed by atoms with van der Waals surface area (Å²) in [5, 5.41) is 27.3.